The third-order valence-electron chi connectivity index (χ3n) is 2.23. The van der Waals surface area contributed by atoms with Crippen LogP contribution in [0.3, 0.4) is 0 Å². The Morgan fingerprint density at radius 3 is 3.08 bits per heavy atom. The Balaban J connectivity index is 2.14. The van der Waals surface area contributed by atoms with Crippen molar-refractivity contribution >= 4 is 5.97 Å². The fourth-order valence-corrected chi connectivity index (χ4v) is 1.42. The van der Waals surface area contributed by atoms with Crippen LogP contribution in [0.2, 0.25) is 0 Å². The van der Waals surface area contributed by atoms with Gasteiger partial charge in [-0.25, -0.2) is 4.98 Å². The second-order valence-electron chi connectivity index (χ2n) is 3.17. The number of hydrogen-bond acceptors (Lipinski definition) is 3. The minimum absolute atomic E-state index is 0.0521. The van der Waals surface area contributed by atoms with Crippen molar-refractivity contribution in [3.8, 4) is 0 Å². The van der Waals surface area contributed by atoms with Crippen molar-refractivity contribution in [2.24, 2.45) is 0 Å². The summed E-state index contributed by atoms with van der Waals surface area (Å²) in [5, 5.41) is 11.8. The zero-order valence-electron chi connectivity index (χ0n) is 7.10. The van der Waals surface area contributed by atoms with Gasteiger partial charge in [-0.3, -0.25) is 4.79 Å². The van der Waals surface area contributed by atoms with Crippen molar-refractivity contribution in [2.75, 3.05) is 13.1 Å². The van der Waals surface area contributed by atoms with Gasteiger partial charge in [0.2, 0.25) is 0 Å². The van der Waals surface area contributed by atoms with Crippen molar-refractivity contribution < 1.29 is 9.90 Å². The van der Waals surface area contributed by atoms with E-state index in [2.05, 4.69) is 10.3 Å². The average molecular weight is 181 g/mol. The van der Waals surface area contributed by atoms with Gasteiger partial charge in [-0.2, -0.15) is 0 Å². The summed E-state index contributed by atoms with van der Waals surface area (Å²) in [6.45, 7) is 1.81. The number of carboxylic acids is 1. The Morgan fingerprint density at radius 2 is 2.54 bits per heavy atom. The van der Waals surface area contributed by atoms with E-state index in [1.54, 1.807) is 12.5 Å². The molecule has 0 atom stereocenters. The highest BCUT2D eigenvalue weighted by atomic mass is 16.4. The maximum atomic E-state index is 10.5. The summed E-state index contributed by atoms with van der Waals surface area (Å²) in [6.07, 6.45) is 3.37. The smallest absolute Gasteiger partial charge is 0.309 e. The molecule has 0 bridgehead atoms. The first-order valence-corrected chi connectivity index (χ1v) is 4.20. The van der Waals surface area contributed by atoms with Gasteiger partial charge in [-0.15, -0.1) is 0 Å². The summed E-state index contributed by atoms with van der Waals surface area (Å²) >= 11 is 0. The molecular weight excluding hydrogens is 170 g/mol. The first-order valence-electron chi connectivity index (χ1n) is 4.20. The van der Waals surface area contributed by atoms with Gasteiger partial charge in [-0.1, -0.05) is 0 Å². The highest BCUT2D eigenvalue weighted by Gasteiger charge is 2.21. The third kappa shape index (κ3) is 1.55. The van der Waals surface area contributed by atoms with Gasteiger partial charge >= 0.3 is 5.97 Å². The Morgan fingerprint density at radius 1 is 1.77 bits per heavy atom. The minimum atomic E-state index is -0.811. The summed E-state index contributed by atoms with van der Waals surface area (Å²) in [6, 6.07) is 0.386. The van der Waals surface area contributed by atoms with Gasteiger partial charge < -0.3 is 15.0 Å². The molecule has 70 valence electrons. The SMILES string of the molecule is O=C(O)Cc1cncn1C1CNC1. The maximum Gasteiger partial charge on any atom is 0.309 e. The molecule has 5 nitrogen and oxygen atoms in total. The van der Waals surface area contributed by atoms with Gasteiger partial charge in [0, 0.05) is 25.0 Å². The lowest BCUT2D eigenvalue weighted by Crippen LogP contribution is -2.43. The Bertz CT molecular complexity index is 317. The number of aromatic nitrogens is 2. The average Bonchev–Trinajstić information content (AvgIpc) is 2.32. The first kappa shape index (κ1) is 8.25. The van der Waals surface area contributed by atoms with Crippen LogP contribution in [0.15, 0.2) is 12.5 Å². The molecule has 1 aromatic heterocycles. The molecule has 1 aromatic rings. The highest BCUT2D eigenvalue weighted by molar-refractivity contribution is 5.69. The second kappa shape index (κ2) is 3.18. The quantitative estimate of drug-likeness (QED) is 0.669. The lowest BCUT2D eigenvalue weighted by atomic mass is 10.1. The molecule has 13 heavy (non-hydrogen) atoms. The Hall–Kier alpha value is -1.36. The normalized spacial score (nSPS) is 16.9. The van der Waals surface area contributed by atoms with E-state index in [9.17, 15) is 4.79 Å². The Labute approximate surface area is 75.4 Å². The van der Waals surface area contributed by atoms with Crippen LogP contribution in [0.25, 0.3) is 0 Å². The molecule has 0 amide bonds. The van der Waals surface area contributed by atoms with E-state index >= 15 is 0 Å². The largest absolute Gasteiger partial charge is 0.481 e. The molecule has 1 fully saturated rings. The van der Waals surface area contributed by atoms with Gasteiger partial charge in [0.05, 0.1) is 18.8 Å². The van der Waals surface area contributed by atoms with Crippen LogP contribution in [0, 0.1) is 0 Å². The monoisotopic (exact) mass is 181 g/mol. The van der Waals surface area contributed by atoms with Crippen LogP contribution >= 0.6 is 0 Å². The van der Waals surface area contributed by atoms with Crippen LogP contribution in [0.5, 0.6) is 0 Å². The standard InChI is InChI=1S/C8H11N3O2/c12-8(13)1-6-2-10-5-11(6)7-3-9-4-7/h2,5,7,9H,1,3-4H2,(H,12,13). The molecule has 0 radical (unpaired) electrons. The van der Waals surface area contributed by atoms with E-state index in [1.807, 2.05) is 4.57 Å². The number of hydrogen-bond donors (Lipinski definition) is 2. The molecule has 1 aliphatic rings. The molecule has 0 unspecified atom stereocenters. The third-order valence-corrected chi connectivity index (χ3v) is 2.23. The van der Waals surface area contributed by atoms with E-state index in [0.29, 0.717) is 6.04 Å². The maximum absolute atomic E-state index is 10.5. The zero-order chi connectivity index (χ0) is 9.26. The van der Waals surface area contributed by atoms with Gasteiger partial charge in [0.25, 0.3) is 0 Å². The van der Waals surface area contributed by atoms with Crippen LogP contribution < -0.4 is 5.32 Å². The van der Waals surface area contributed by atoms with E-state index in [1.165, 1.54) is 0 Å². The topological polar surface area (TPSA) is 67.1 Å². The lowest BCUT2D eigenvalue weighted by molar-refractivity contribution is -0.136. The molecule has 0 spiro atoms. The summed E-state index contributed by atoms with van der Waals surface area (Å²) in [5.74, 6) is -0.811. The van der Waals surface area contributed by atoms with Gasteiger partial charge in [0.1, 0.15) is 0 Å². The lowest BCUT2D eigenvalue weighted by Gasteiger charge is -2.29. The van der Waals surface area contributed by atoms with E-state index < -0.39 is 5.97 Å². The number of nitrogens with one attached hydrogen (secondary N) is 1. The van der Waals surface area contributed by atoms with E-state index in [4.69, 9.17) is 5.11 Å². The van der Waals surface area contributed by atoms with Crippen molar-refractivity contribution in [3.05, 3.63) is 18.2 Å². The molecule has 2 rings (SSSR count). The van der Waals surface area contributed by atoms with Crippen molar-refractivity contribution in [3.63, 3.8) is 0 Å². The van der Waals surface area contributed by atoms with Gasteiger partial charge in [-0.05, 0) is 0 Å². The van der Waals surface area contributed by atoms with Crippen molar-refractivity contribution in [1.82, 2.24) is 14.9 Å². The van der Waals surface area contributed by atoms with Crippen molar-refractivity contribution in [1.29, 1.82) is 0 Å². The number of carboxylic acid groups (broad SMARTS) is 1. The molecule has 2 heterocycles. The van der Waals surface area contributed by atoms with Crippen LogP contribution in [0.4, 0.5) is 0 Å². The van der Waals surface area contributed by atoms with Crippen LogP contribution in [-0.2, 0) is 11.2 Å². The van der Waals surface area contributed by atoms with E-state index in [-0.39, 0.29) is 6.42 Å². The molecule has 0 saturated carbocycles. The number of rotatable bonds is 3. The number of nitrogens with zero attached hydrogens (tertiary/aromatic N) is 2. The second-order valence-corrected chi connectivity index (χ2v) is 3.17. The zero-order valence-corrected chi connectivity index (χ0v) is 7.10. The fourth-order valence-electron chi connectivity index (χ4n) is 1.42. The minimum Gasteiger partial charge on any atom is -0.481 e. The molecule has 1 aliphatic heterocycles. The molecule has 0 aliphatic carbocycles. The van der Waals surface area contributed by atoms with Crippen LogP contribution in [0.1, 0.15) is 11.7 Å². The van der Waals surface area contributed by atoms with E-state index in [0.717, 1.165) is 18.8 Å². The Kier molecular flexibility index (Phi) is 2.02. The molecule has 0 aromatic carbocycles. The predicted molar refractivity (Wildman–Crippen MR) is 45.5 cm³/mol. The number of carbonyl (C=O) groups is 1. The van der Waals surface area contributed by atoms with Crippen molar-refractivity contribution in [2.45, 2.75) is 12.5 Å². The summed E-state index contributed by atoms with van der Waals surface area (Å²) in [7, 11) is 0. The number of aliphatic carboxylic acids is 1. The summed E-state index contributed by atoms with van der Waals surface area (Å²) in [5.41, 5.74) is 0.777. The fraction of sp³-hybridized carbons (Fsp3) is 0.500. The first-order chi connectivity index (χ1) is 6.27. The highest BCUT2D eigenvalue weighted by Crippen LogP contribution is 2.14. The number of imidazole rings is 1. The predicted octanol–water partition coefficient (Wildman–Crippen LogP) is -0.345. The molecule has 5 heteroatoms. The summed E-state index contributed by atoms with van der Waals surface area (Å²) < 4.78 is 1.94. The molecule has 2 N–H and O–H groups in total. The molecule has 1 saturated heterocycles. The summed E-state index contributed by atoms with van der Waals surface area (Å²) in [4.78, 5) is 14.4. The van der Waals surface area contributed by atoms with Gasteiger partial charge in [0.15, 0.2) is 0 Å². The molecular formula is C8H11N3O2. The van der Waals surface area contributed by atoms with Crippen LogP contribution in [-0.4, -0.2) is 33.7 Å².